The van der Waals surface area contributed by atoms with E-state index in [1.54, 1.807) is 0 Å². The smallest absolute Gasteiger partial charge is 0.501 e. The number of nitrogens with zero attached hydrogens (tertiary/aromatic N) is 3. The van der Waals surface area contributed by atoms with Crippen LogP contribution in [0, 0.1) is 11.0 Å². The van der Waals surface area contributed by atoms with Crippen LogP contribution in [0.25, 0.3) is 16.5 Å². The zero-order valence-electron chi connectivity index (χ0n) is 15.9. The van der Waals surface area contributed by atoms with E-state index in [1.807, 2.05) is 24.3 Å². The van der Waals surface area contributed by atoms with Crippen LogP contribution >= 0.6 is 11.6 Å². The molecule has 0 spiro atoms. The average molecular weight is 414 g/mol. The number of hydrogen-bond acceptors (Lipinski definition) is 3. The van der Waals surface area contributed by atoms with Gasteiger partial charge in [-0.1, -0.05) is 35.9 Å². The summed E-state index contributed by atoms with van der Waals surface area (Å²) in [6.07, 6.45) is 5.30. The van der Waals surface area contributed by atoms with E-state index in [0.29, 0.717) is 13.0 Å². The van der Waals surface area contributed by atoms with E-state index in [1.165, 1.54) is 40.1 Å². The van der Waals surface area contributed by atoms with Gasteiger partial charge in [0.1, 0.15) is 17.5 Å². The minimum absolute atomic E-state index is 0.0575. The van der Waals surface area contributed by atoms with Crippen molar-refractivity contribution < 1.29 is 9.12 Å². The second kappa shape index (κ2) is 8.35. The quantitative estimate of drug-likeness (QED) is 0.474. The molecule has 0 N–H and O–H groups in total. The minimum Gasteiger partial charge on any atom is -0.708 e. The van der Waals surface area contributed by atoms with E-state index < -0.39 is 11.5 Å². The van der Waals surface area contributed by atoms with Crippen molar-refractivity contribution in [3.8, 4) is 0 Å². The van der Waals surface area contributed by atoms with Crippen LogP contribution in [0.3, 0.4) is 0 Å². The molecule has 29 heavy (non-hydrogen) atoms. The maximum absolute atomic E-state index is 14.0. The van der Waals surface area contributed by atoms with Crippen molar-refractivity contribution in [2.24, 2.45) is 0 Å². The molecule has 2 heterocycles. The highest BCUT2D eigenvalue weighted by molar-refractivity contribution is 6.30. The Morgan fingerprint density at radius 2 is 1.93 bits per heavy atom. The van der Waals surface area contributed by atoms with Crippen LogP contribution in [0.1, 0.15) is 18.4 Å². The summed E-state index contributed by atoms with van der Waals surface area (Å²) < 4.78 is 15.6. The SMILES string of the molecule is O=c1n(CCCN2CC=C(c3ccc(Cl)cc3)CC2)cc2c(F)cccc2[n+]1[O-]. The summed E-state index contributed by atoms with van der Waals surface area (Å²) in [5.74, 6) is -0.503. The van der Waals surface area contributed by atoms with Gasteiger partial charge in [0.05, 0.1) is 11.9 Å². The van der Waals surface area contributed by atoms with Crippen molar-refractivity contribution in [1.29, 1.82) is 0 Å². The fourth-order valence-corrected chi connectivity index (χ4v) is 3.85. The Balaban J connectivity index is 1.39. The number of hydrogen-bond donors (Lipinski definition) is 0. The number of halogens is 2. The summed E-state index contributed by atoms with van der Waals surface area (Å²) in [6, 6.07) is 12.0. The summed E-state index contributed by atoms with van der Waals surface area (Å²) in [6.45, 7) is 2.93. The molecular formula is C22H21ClFN3O2. The summed E-state index contributed by atoms with van der Waals surface area (Å²) >= 11 is 5.95. The molecule has 3 aromatic rings. The lowest BCUT2D eigenvalue weighted by molar-refractivity contribution is -0.599. The second-order valence-corrected chi connectivity index (χ2v) is 7.65. The molecule has 0 unspecified atom stereocenters. The van der Waals surface area contributed by atoms with Crippen molar-refractivity contribution >= 4 is 28.1 Å². The lowest BCUT2D eigenvalue weighted by Gasteiger charge is -2.26. The third-order valence-electron chi connectivity index (χ3n) is 5.33. The molecule has 1 aliphatic heterocycles. The fraction of sp³-hybridized carbons (Fsp3) is 0.273. The Bertz CT molecular complexity index is 1130. The Kier molecular flexibility index (Phi) is 5.65. The molecule has 0 aliphatic carbocycles. The molecule has 4 rings (SSSR count). The monoisotopic (exact) mass is 413 g/mol. The molecule has 2 aromatic carbocycles. The molecule has 0 radical (unpaired) electrons. The van der Waals surface area contributed by atoms with Gasteiger partial charge in [-0.15, -0.1) is 0 Å². The minimum atomic E-state index is -0.674. The van der Waals surface area contributed by atoms with Crippen molar-refractivity contribution in [3.05, 3.63) is 86.8 Å². The van der Waals surface area contributed by atoms with Crippen LogP contribution in [0.15, 0.2) is 59.5 Å². The van der Waals surface area contributed by atoms with Gasteiger partial charge in [-0.2, -0.15) is 14.1 Å². The molecule has 150 valence electrons. The van der Waals surface area contributed by atoms with Gasteiger partial charge >= 0.3 is 5.69 Å². The molecule has 0 bridgehead atoms. The third-order valence-corrected chi connectivity index (χ3v) is 5.59. The van der Waals surface area contributed by atoms with E-state index in [4.69, 9.17) is 11.6 Å². The Morgan fingerprint density at radius 3 is 2.66 bits per heavy atom. The maximum atomic E-state index is 14.0. The molecule has 0 atom stereocenters. The van der Waals surface area contributed by atoms with Crippen LogP contribution in [0.5, 0.6) is 0 Å². The van der Waals surface area contributed by atoms with Gasteiger partial charge in [0.2, 0.25) is 0 Å². The second-order valence-electron chi connectivity index (χ2n) is 7.21. The van der Waals surface area contributed by atoms with Crippen molar-refractivity contribution in [2.75, 3.05) is 19.6 Å². The van der Waals surface area contributed by atoms with E-state index in [9.17, 15) is 14.4 Å². The maximum Gasteiger partial charge on any atom is 0.501 e. The largest absolute Gasteiger partial charge is 0.708 e. The van der Waals surface area contributed by atoms with E-state index in [-0.39, 0.29) is 15.6 Å². The van der Waals surface area contributed by atoms with E-state index in [0.717, 1.165) is 31.1 Å². The first-order valence-electron chi connectivity index (χ1n) is 9.61. The zero-order chi connectivity index (χ0) is 20.4. The third kappa shape index (κ3) is 4.18. The Hall–Kier alpha value is -2.70. The lowest BCUT2D eigenvalue weighted by atomic mass is 9.99. The fourth-order valence-electron chi connectivity index (χ4n) is 3.73. The van der Waals surface area contributed by atoms with Crippen molar-refractivity contribution in [1.82, 2.24) is 9.47 Å². The van der Waals surface area contributed by atoms with Gasteiger partial charge in [-0.3, -0.25) is 4.90 Å². The summed E-state index contributed by atoms with van der Waals surface area (Å²) in [5.41, 5.74) is 1.89. The van der Waals surface area contributed by atoms with Crippen molar-refractivity contribution in [3.63, 3.8) is 0 Å². The predicted octanol–water partition coefficient (Wildman–Crippen LogP) is 3.61. The molecule has 0 saturated carbocycles. The normalized spacial score (nSPS) is 14.9. The zero-order valence-corrected chi connectivity index (χ0v) is 16.6. The standard InChI is InChI=1S/C22H21ClFN3O2/c23-18-7-5-16(6-8-18)17-9-13-25(14-10-17)11-2-12-26-15-19-20(24)3-1-4-21(19)27(29)22(26)28/h1,3-9,15H,2,10-14H2. The molecule has 5 nitrogen and oxygen atoms in total. The van der Waals surface area contributed by atoms with Gasteiger partial charge < -0.3 is 5.21 Å². The lowest BCUT2D eigenvalue weighted by Crippen LogP contribution is -2.50. The first kappa shape index (κ1) is 19.6. The highest BCUT2D eigenvalue weighted by atomic mass is 35.5. The Labute approximate surface area is 172 Å². The van der Waals surface area contributed by atoms with Crippen molar-refractivity contribution in [2.45, 2.75) is 19.4 Å². The van der Waals surface area contributed by atoms with Crippen LogP contribution in [-0.4, -0.2) is 29.1 Å². The number of aryl methyl sites for hydroxylation is 1. The molecule has 0 saturated heterocycles. The number of rotatable bonds is 5. The van der Waals surface area contributed by atoms with Crippen LogP contribution in [0.2, 0.25) is 5.02 Å². The van der Waals surface area contributed by atoms with Gasteiger partial charge in [0, 0.05) is 24.7 Å². The van der Waals surface area contributed by atoms with Gasteiger partial charge in [0.25, 0.3) is 0 Å². The number of benzene rings is 2. The molecular weight excluding hydrogens is 393 g/mol. The van der Waals surface area contributed by atoms with Crippen LogP contribution in [0.4, 0.5) is 4.39 Å². The summed E-state index contributed by atoms with van der Waals surface area (Å²) in [7, 11) is 0. The topological polar surface area (TPSA) is 52.2 Å². The van der Waals surface area contributed by atoms with Gasteiger partial charge in [0.15, 0.2) is 0 Å². The van der Waals surface area contributed by atoms with Gasteiger partial charge in [-0.25, -0.2) is 4.39 Å². The summed E-state index contributed by atoms with van der Waals surface area (Å²) in [5, 5.41) is 13.0. The predicted molar refractivity (Wildman–Crippen MR) is 112 cm³/mol. The van der Waals surface area contributed by atoms with E-state index >= 15 is 0 Å². The Morgan fingerprint density at radius 1 is 1.14 bits per heavy atom. The number of fused-ring (bicyclic) bond motifs is 1. The number of aromatic nitrogens is 2. The summed E-state index contributed by atoms with van der Waals surface area (Å²) in [4.78, 5) is 14.6. The van der Waals surface area contributed by atoms with E-state index in [2.05, 4.69) is 11.0 Å². The molecule has 1 aromatic heterocycles. The molecule has 1 aliphatic rings. The highest BCUT2D eigenvalue weighted by Gasteiger charge is 2.16. The highest BCUT2D eigenvalue weighted by Crippen LogP contribution is 2.23. The van der Waals surface area contributed by atoms with Crippen LogP contribution < -0.4 is 10.4 Å². The molecule has 0 amide bonds. The first-order valence-corrected chi connectivity index (χ1v) is 9.99. The van der Waals surface area contributed by atoms with Crippen LogP contribution in [-0.2, 0) is 6.54 Å². The first-order chi connectivity index (χ1) is 14.0. The molecule has 7 heteroatoms. The van der Waals surface area contributed by atoms with Gasteiger partial charge in [-0.05, 0) is 48.2 Å². The average Bonchev–Trinajstić information content (AvgIpc) is 2.73. The molecule has 0 fully saturated rings.